The molecule has 0 bridgehead atoms. The summed E-state index contributed by atoms with van der Waals surface area (Å²) in [7, 11) is 3.00. The molecule has 0 fully saturated rings. The highest BCUT2D eigenvalue weighted by atomic mass is 16.5. The Labute approximate surface area is 120 Å². The largest absolute Gasteiger partial charge is 0.497 e. The highest BCUT2D eigenvalue weighted by Crippen LogP contribution is 2.31. The fourth-order valence-corrected chi connectivity index (χ4v) is 1.96. The average Bonchev–Trinajstić information content (AvgIpc) is 2.45. The third kappa shape index (κ3) is 2.71. The van der Waals surface area contributed by atoms with Crippen LogP contribution in [0.1, 0.15) is 16.1 Å². The molecule has 21 heavy (non-hydrogen) atoms. The summed E-state index contributed by atoms with van der Waals surface area (Å²) in [5, 5.41) is 8.99. The molecule has 0 unspecified atom stereocenters. The Morgan fingerprint density at radius 3 is 2.52 bits per heavy atom. The van der Waals surface area contributed by atoms with E-state index in [0.717, 1.165) is 0 Å². The Morgan fingerprint density at radius 1 is 1.29 bits per heavy atom. The molecule has 0 saturated heterocycles. The SMILES string of the molecule is COc1ccc(OC)c(-c2nc(C)c(C(=O)O)c(=O)[nH]2)c1. The number of nitrogens with one attached hydrogen (secondary N) is 1. The smallest absolute Gasteiger partial charge is 0.343 e. The van der Waals surface area contributed by atoms with Crippen molar-refractivity contribution in [2.45, 2.75) is 6.92 Å². The number of benzene rings is 1. The molecule has 0 spiro atoms. The number of hydrogen-bond acceptors (Lipinski definition) is 5. The molecule has 0 aliphatic heterocycles. The second-order valence-electron chi connectivity index (χ2n) is 4.25. The first-order valence-corrected chi connectivity index (χ1v) is 6.04. The lowest BCUT2D eigenvalue weighted by atomic mass is 10.1. The van der Waals surface area contributed by atoms with E-state index in [-0.39, 0.29) is 17.1 Å². The molecule has 0 radical (unpaired) electrons. The fraction of sp³-hybridized carbons (Fsp3) is 0.214. The molecule has 2 aromatic rings. The first-order valence-electron chi connectivity index (χ1n) is 6.04. The number of carboxylic acids is 1. The summed E-state index contributed by atoms with van der Waals surface area (Å²) in [5.41, 5.74) is -0.449. The maximum Gasteiger partial charge on any atom is 0.343 e. The maximum absolute atomic E-state index is 11.9. The lowest BCUT2D eigenvalue weighted by molar-refractivity contribution is 0.0693. The zero-order valence-corrected chi connectivity index (χ0v) is 11.8. The van der Waals surface area contributed by atoms with E-state index in [0.29, 0.717) is 17.1 Å². The molecular weight excluding hydrogens is 276 g/mol. The molecule has 2 rings (SSSR count). The minimum absolute atomic E-state index is 0.131. The Bertz CT molecular complexity index is 752. The van der Waals surface area contributed by atoms with Crippen molar-refractivity contribution in [1.29, 1.82) is 0 Å². The molecule has 0 aliphatic carbocycles. The number of carbonyl (C=O) groups is 1. The molecule has 0 aliphatic rings. The number of methoxy groups -OCH3 is 2. The van der Waals surface area contributed by atoms with Gasteiger partial charge in [-0.05, 0) is 25.1 Å². The van der Waals surface area contributed by atoms with Crippen LogP contribution in [0, 0.1) is 6.92 Å². The minimum Gasteiger partial charge on any atom is -0.497 e. The van der Waals surface area contributed by atoms with E-state index in [4.69, 9.17) is 14.6 Å². The van der Waals surface area contributed by atoms with Crippen molar-refractivity contribution in [1.82, 2.24) is 9.97 Å². The van der Waals surface area contributed by atoms with E-state index in [9.17, 15) is 9.59 Å². The van der Waals surface area contributed by atoms with Crippen LogP contribution in [0.4, 0.5) is 0 Å². The maximum atomic E-state index is 11.9. The van der Waals surface area contributed by atoms with Crippen molar-refractivity contribution in [3.05, 3.63) is 39.8 Å². The van der Waals surface area contributed by atoms with Crippen LogP contribution < -0.4 is 15.0 Å². The average molecular weight is 290 g/mol. The van der Waals surface area contributed by atoms with Crippen molar-refractivity contribution in [3.8, 4) is 22.9 Å². The van der Waals surface area contributed by atoms with Gasteiger partial charge in [0, 0.05) is 0 Å². The Hall–Kier alpha value is -2.83. The molecule has 1 aromatic carbocycles. The van der Waals surface area contributed by atoms with Gasteiger partial charge >= 0.3 is 5.97 Å². The molecule has 0 saturated carbocycles. The zero-order valence-electron chi connectivity index (χ0n) is 11.8. The third-order valence-electron chi connectivity index (χ3n) is 2.98. The number of aromatic carboxylic acids is 1. The first-order chi connectivity index (χ1) is 9.97. The zero-order chi connectivity index (χ0) is 15.6. The molecule has 110 valence electrons. The van der Waals surface area contributed by atoms with Gasteiger partial charge in [-0.15, -0.1) is 0 Å². The Kier molecular flexibility index (Phi) is 3.93. The van der Waals surface area contributed by atoms with Crippen LogP contribution in [0.15, 0.2) is 23.0 Å². The lowest BCUT2D eigenvalue weighted by Gasteiger charge is -2.10. The lowest BCUT2D eigenvalue weighted by Crippen LogP contribution is -2.21. The van der Waals surface area contributed by atoms with E-state index in [2.05, 4.69) is 9.97 Å². The van der Waals surface area contributed by atoms with E-state index in [1.807, 2.05) is 0 Å². The van der Waals surface area contributed by atoms with Crippen molar-refractivity contribution in [2.24, 2.45) is 0 Å². The van der Waals surface area contributed by atoms with E-state index in [1.54, 1.807) is 18.2 Å². The van der Waals surface area contributed by atoms with Crippen LogP contribution in [-0.2, 0) is 0 Å². The van der Waals surface area contributed by atoms with Crippen molar-refractivity contribution in [2.75, 3.05) is 14.2 Å². The summed E-state index contributed by atoms with van der Waals surface area (Å²) in [6, 6.07) is 5.03. The monoisotopic (exact) mass is 290 g/mol. The second-order valence-corrected chi connectivity index (χ2v) is 4.25. The highest BCUT2D eigenvalue weighted by molar-refractivity contribution is 5.88. The summed E-state index contributed by atoms with van der Waals surface area (Å²) in [6.07, 6.45) is 0. The van der Waals surface area contributed by atoms with Gasteiger partial charge in [-0.25, -0.2) is 9.78 Å². The molecule has 0 amide bonds. The molecule has 0 atom stereocenters. The molecule has 1 aromatic heterocycles. The standard InChI is InChI=1S/C14H14N2O5/c1-7-11(14(18)19)13(17)16-12(15-7)9-6-8(20-2)4-5-10(9)21-3/h4-6H,1-3H3,(H,18,19)(H,15,16,17). The summed E-state index contributed by atoms with van der Waals surface area (Å²) in [5.74, 6) is -0.0431. The number of aryl methyl sites for hydroxylation is 1. The van der Waals surface area contributed by atoms with Crippen molar-refractivity contribution >= 4 is 5.97 Å². The second kappa shape index (κ2) is 5.66. The Morgan fingerprint density at radius 2 is 2.00 bits per heavy atom. The third-order valence-corrected chi connectivity index (χ3v) is 2.98. The highest BCUT2D eigenvalue weighted by Gasteiger charge is 2.17. The number of nitrogens with zero attached hydrogens (tertiary/aromatic N) is 1. The van der Waals surface area contributed by atoms with Gasteiger partial charge in [-0.1, -0.05) is 0 Å². The first kappa shape index (κ1) is 14.6. The van der Waals surface area contributed by atoms with Gasteiger partial charge in [0.05, 0.1) is 25.5 Å². The van der Waals surface area contributed by atoms with Crippen molar-refractivity contribution in [3.63, 3.8) is 0 Å². The summed E-state index contributed by atoms with van der Waals surface area (Å²) < 4.78 is 10.4. The quantitative estimate of drug-likeness (QED) is 0.884. The van der Waals surface area contributed by atoms with Crippen LogP contribution in [0.5, 0.6) is 11.5 Å². The minimum atomic E-state index is -1.31. The molecule has 1 heterocycles. The predicted octanol–water partition coefficient (Wildman–Crippen LogP) is 1.46. The van der Waals surface area contributed by atoms with E-state index < -0.39 is 11.5 Å². The van der Waals surface area contributed by atoms with E-state index in [1.165, 1.54) is 21.1 Å². The normalized spacial score (nSPS) is 10.2. The van der Waals surface area contributed by atoms with Gasteiger partial charge in [0.2, 0.25) is 0 Å². The van der Waals surface area contributed by atoms with Crippen molar-refractivity contribution < 1.29 is 19.4 Å². The van der Waals surface area contributed by atoms with Gasteiger partial charge in [-0.3, -0.25) is 4.79 Å². The van der Waals surface area contributed by atoms with Crippen LogP contribution in [0.2, 0.25) is 0 Å². The van der Waals surface area contributed by atoms with Crippen LogP contribution >= 0.6 is 0 Å². The Balaban J connectivity index is 2.67. The molecule has 2 N–H and O–H groups in total. The fourth-order valence-electron chi connectivity index (χ4n) is 1.96. The van der Waals surface area contributed by atoms with Gasteiger partial charge < -0.3 is 19.6 Å². The summed E-state index contributed by atoms with van der Waals surface area (Å²) in [6.45, 7) is 1.47. The van der Waals surface area contributed by atoms with Crippen LogP contribution in [0.25, 0.3) is 11.4 Å². The number of hydrogen-bond donors (Lipinski definition) is 2. The number of carboxylic acid groups (broad SMARTS) is 1. The summed E-state index contributed by atoms with van der Waals surface area (Å²) in [4.78, 5) is 29.5. The topological polar surface area (TPSA) is 102 Å². The molecule has 7 heteroatoms. The summed E-state index contributed by atoms with van der Waals surface area (Å²) >= 11 is 0. The number of aromatic amines is 1. The van der Waals surface area contributed by atoms with Crippen LogP contribution in [0.3, 0.4) is 0 Å². The molecular formula is C14H14N2O5. The predicted molar refractivity (Wildman–Crippen MR) is 75.1 cm³/mol. The number of rotatable bonds is 4. The van der Waals surface area contributed by atoms with Gasteiger partial charge in [-0.2, -0.15) is 0 Å². The van der Waals surface area contributed by atoms with Crippen LogP contribution in [-0.4, -0.2) is 35.3 Å². The van der Waals surface area contributed by atoms with Gasteiger partial charge in [0.1, 0.15) is 22.9 Å². The van der Waals surface area contributed by atoms with Gasteiger partial charge in [0.25, 0.3) is 5.56 Å². The molecule has 7 nitrogen and oxygen atoms in total. The number of H-pyrrole nitrogens is 1. The van der Waals surface area contributed by atoms with Gasteiger partial charge in [0.15, 0.2) is 0 Å². The van der Waals surface area contributed by atoms with E-state index >= 15 is 0 Å². The number of ether oxygens (including phenoxy) is 2. The number of aromatic nitrogens is 2.